The molecule has 0 unspecified atom stereocenters. The van der Waals surface area contributed by atoms with Crippen molar-refractivity contribution in [3.8, 4) is 0 Å². The molecule has 2 fully saturated rings. The van der Waals surface area contributed by atoms with E-state index in [1.807, 2.05) is 0 Å². The lowest BCUT2D eigenvalue weighted by Gasteiger charge is -2.57. The average Bonchev–Trinajstić information content (AvgIpc) is 1.91. The van der Waals surface area contributed by atoms with Gasteiger partial charge in [0.1, 0.15) is 0 Å². The Kier molecular flexibility index (Phi) is 2.03. The van der Waals surface area contributed by atoms with Gasteiger partial charge in [-0.25, -0.2) is 8.78 Å². The zero-order valence-electron chi connectivity index (χ0n) is 7.72. The molecule has 0 bridgehead atoms. The lowest BCUT2D eigenvalue weighted by Crippen LogP contribution is -2.59. The first-order valence-corrected chi connectivity index (χ1v) is 4.74. The molecule has 0 saturated heterocycles. The second kappa shape index (κ2) is 2.89. The summed E-state index contributed by atoms with van der Waals surface area (Å²) < 4.78 is 25.2. The molecule has 0 aromatic rings. The molecule has 0 amide bonds. The van der Waals surface area contributed by atoms with Gasteiger partial charge in [-0.2, -0.15) is 0 Å². The zero-order chi connectivity index (χ0) is 10.4. The minimum Gasteiger partial charge on any atom is -0.480 e. The molecule has 0 heterocycles. The molecule has 5 heteroatoms. The Hall–Kier alpha value is -0.710. The second-order valence-corrected chi connectivity index (χ2v) is 4.59. The molecule has 2 N–H and O–H groups in total. The van der Waals surface area contributed by atoms with Gasteiger partial charge in [-0.1, -0.05) is 0 Å². The highest BCUT2D eigenvalue weighted by molar-refractivity contribution is 5.69. The molecular weight excluding hydrogens is 192 g/mol. The lowest BCUT2D eigenvalue weighted by molar-refractivity contribution is -0.198. The maximum atomic E-state index is 12.6. The highest BCUT2D eigenvalue weighted by Gasteiger charge is 2.61. The number of carboxylic acid groups (broad SMARTS) is 1. The molecule has 3 nitrogen and oxygen atoms in total. The van der Waals surface area contributed by atoms with Crippen LogP contribution in [-0.4, -0.2) is 29.6 Å². The third-order valence-corrected chi connectivity index (χ3v) is 3.17. The van der Waals surface area contributed by atoms with Crippen molar-refractivity contribution in [2.24, 2.45) is 5.41 Å². The summed E-state index contributed by atoms with van der Waals surface area (Å²) in [4.78, 5) is 10.2. The van der Waals surface area contributed by atoms with E-state index in [-0.39, 0.29) is 30.8 Å². The number of alkyl halides is 2. The van der Waals surface area contributed by atoms with E-state index in [4.69, 9.17) is 5.11 Å². The lowest BCUT2D eigenvalue weighted by atomic mass is 9.52. The predicted octanol–water partition coefficient (Wildman–Crippen LogP) is 1.24. The fourth-order valence-corrected chi connectivity index (χ4v) is 2.70. The SMILES string of the molecule is O=C(O)CNC1CC2(C1)CC(F)(F)C2. The molecule has 0 radical (unpaired) electrons. The largest absolute Gasteiger partial charge is 0.480 e. The highest BCUT2D eigenvalue weighted by atomic mass is 19.3. The first kappa shape index (κ1) is 9.83. The van der Waals surface area contributed by atoms with E-state index in [0.29, 0.717) is 12.8 Å². The van der Waals surface area contributed by atoms with E-state index in [0.717, 1.165) is 0 Å². The minimum absolute atomic E-state index is 0.00868. The molecule has 2 saturated carbocycles. The maximum Gasteiger partial charge on any atom is 0.317 e. The third-order valence-electron chi connectivity index (χ3n) is 3.17. The van der Waals surface area contributed by atoms with Crippen molar-refractivity contribution in [3.63, 3.8) is 0 Å². The van der Waals surface area contributed by atoms with Crippen LogP contribution in [0.1, 0.15) is 25.7 Å². The Balaban J connectivity index is 1.68. The van der Waals surface area contributed by atoms with E-state index in [9.17, 15) is 13.6 Å². The molecule has 2 aliphatic rings. The summed E-state index contributed by atoms with van der Waals surface area (Å²) in [7, 11) is 0. The van der Waals surface area contributed by atoms with Crippen molar-refractivity contribution in [1.29, 1.82) is 0 Å². The number of rotatable bonds is 3. The fourth-order valence-electron chi connectivity index (χ4n) is 2.70. The van der Waals surface area contributed by atoms with Crippen molar-refractivity contribution >= 4 is 5.97 Å². The molecule has 0 atom stereocenters. The van der Waals surface area contributed by atoms with Crippen molar-refractivity contribution < 1.29 is 18.7 Å². The van der Waals surface area contributed by atoms with Crippen LogP contribution < -0.4 is 5.32 Å². The van der Waals surface area contributed by atoms with Crippen molar-refractivity contribution in [1.82, 2.24) is 5.32 Å². The standard InChI is InChI=1S/C9H13F2NO2/c10-9(11)4-8(5-9)1-6(2-8)12-3-7(13)14/h6,12H,1-5H2,(H,13,14). The quantitative estimate of drug-likeness (QED) is 0.728. The molecule has 1 spiro atoms. The Morgan fingerprint density at radius 1 is 1.43 bits per heavy atom. The van der Waals surface area contributed by atoms with E-state index in [2.05, 4.69) is 5.32 Å². The topological polar surface area (TPSA) is 49.3 Å². The number of aliphatic carboxylic acids is 1. The Morgan fingerprint density at radius 3 is 2.43 bits per heavy atom. The minimum atomic E-state index is -2.46. The second-order valence-electron chi connectivity index (χ2n) is 4.59. The number of nitrogens with one attached hydrogen (secondary N) is 1. The van der Waals surface area contributed by atoms with Crippen molar-refractivity contribution in [3.05, 3.63) is 0 Å². The summed E-state index contributed by atoms with van der Waals surface area (Å²) in [6, 6.07) is 0.127. The van der Waals surface area contributed by atoms with Gasteiger partial charge in [0.2, 0.25) is 5.92 Å². The van der Waals surface area contributed by atoms with Gasteiger partial charge in [0.15, 0.2) is 0 Å². The molecule has 14 heavy (non-hydrogen) atoms. The first-order valence-electron chi connectivity index (χ1n) is 4.74. The van der Waals surface area contributed by atoms with Gasteiger partial charge in [0, 0.05) is 18.9 Å². The molecule has 2 rings (SSSR count). The van der Waals surface area contributed by atoms with Crippen LogP contribution >= 0.6 is 0 Å². The average molecular weight is 205 g/mol. The molecular formula is C9H13F2NO2. The highest BCUT2D eigenvalue weighted by Crippen LogP contribution is 2.62. The van der Waals surface area contributed by atoms with Gasteiger partial charge < -0.3 is 10.4 Å². The number of carboxylic acids is 1. The Morgan fingerprint density at radius 2 is 2.00 bits per heavy atom. The summed E-state index contributed by atoms with van der Waals surface area (Å²) in [6.45, 7) is -0.0723. The number of halogens is 2. The number of hydrogen-bond donors (Lipinski definition) is 2. The van der Waals surface area contributed by atoms with Gasteiger partial charge >= 0.3 is 5.97 Å². The van der Waals surface area contributed by atoms with Gasteiger partial charge in [-0.05, 0) is 18.3 Å². The summed E-state index contributed by atoms with van der Waals surface area (Å²) in [5.41, 5.74) is -0.167. The van der Waals surface area contributed by atoms with Gasteiger partial charge in [-0.15, -0.1) is 0 Å². The third kappa shape index (κ3) is 1.73. The van der Waals surface area contributed by atoms with E-state index in [1.54, 1.807) is 0 Å². The molecule has 0 aliphatic heterocycles. The van der Waals surface area contributed by atoms with Crippen molar-refractivity contribution in [2.45, 2.75) is 37.6 Å². The predicted molar refractivity (Wildman–Crippen MR) is 45.3 cm³/mol. The van der Waals surface area contributed by atoms with Crippen LogP contribution in [0.5, 0.6) is 0 Å². The Labute approximate surface area is 80.5 Å². The van der Waals surface area contributed by atoms with Crippen molar-refractivity contribution in [2.75, 3.05) is 6.54 Å². The summed E-state index contributed by atoms with van der Waals surface area (Å²) in [5.74, 6) is -3.36. The van der Waals surface area contributed by atoms with Crippen LogP contribution in [0.15, 0.2) is 0 Å². The van der Waals surface area contributed by atoms with Gasteiger partial charge in [-0.3, -0.25) is 4.79 Å². The van der Waals surface area contributed by atoms with Crippen LogP contribution in [0.25, 0.3) is 0 Å². The first-order chi connectivity index (χ1) is 6.41. The van der Waals surface area contributed by atoms with Crippen LogP contribution in [0.4, 0.5) is 8.78 Å². The maximum absolute atomic E-state index is 12.6. The van der Waals surface area contributed by atoms with Crippen LogP contribution in [0, 0.1) is 5.41 Å². The molecule has 0 aromatic heterocycles. The number of carbonyl (C=O) groups is 1. The smallest absolute Gasteiger partial charge is 0.317 e. The van der Waals surface area contributed by atoms with Gasteiger partial charge in [0.05, 0.1) is 6.54 Å². The van der Waals surface area contributed by atoms with E-state index >= 15 is 0 Å². The number of hydrogen-bond acceptors (Lipinski definition) is 2. The van der Waals surface area contributed by atoms with Crippen LogP contribution in [-0.2, 0) is 4.79 Å². The fraction of sp³-hybridized carbons (Fsp3) is 0.889. The van der Waals surface area contributed by atoms with E-state index in [1.165, 1.54) is 0 Å². The Bertz CT molecular complexity index is 252. The summed E-state index contributed by atoms with van der Waals surface area (Å²) >= 11 is 0. The molecule has 0 aromatic carbocycles. The monoisotopic (exact) mass is 205 g/mol. The molecule has 80 valence electrons. The molecule has 2 aliphatic carbocycles. The van der Waals surface area contributed by atoms with Gasteiger partial charge in [0.25, 0.3) is 0 Å². The van der Waals surface area contributed by atoms with Crippen LogP contribution in [0.2, 0.25) is 0 Å². The zero-order valence-corrected chi connectivity index (χ0v) is 7.72. The van der Waals surface area contributed by atoms with E-state index < -0.39 is 11.9 Å². The summed E-state index contributed by atoms with van der Waals surface area (Å²) in [6.07, 6.45) is 1.39. The van der Waals surface area contributed by atoms with Crippen LogP contribution in [0.3, 0.4) is 0 Å². The normalized spacial score (nSPS) is 28.1. The summed E-state index contributed by atoms with van der Waals surface area (Å²) in [5, 5.41) is 11.2.